The summed E-state index contributed by atoms with van der Waals surface area (Å²) in [5, 5.41) is 0. The van der Waals surface area contributed by atoms with Crippen LogP contribution in [0.25, 0.3) is 0 Å². The van der Waals surface area contributed by atoms with Gasteiger partial charge in [0.2, 0.25) is 5.91 Å². The molecule has 4 heteroatoms. The molecular weight excluding hydrogens is 216 g/mol. The van der Waals surface area contributed by atoms with Gasteiger partial charge in [-0.3, -0.25) is 4.79 Å². The van der Waals surface area contributed by atoms with Crippen molar-refractivity contribution in [3.8, 4) is 0 Å². The summed E-state index contributed by atoms with van der Waals surface area (Å²) in [6.45, 7) is 4.67. The van der Waals surface area contributed by atoms with Crippen molar-refractivity contribution >= 4 is 11.7 Å². The van der Waals surface area contributed by atoms with Crippen molar-refractivity contribution in [2.24, 2.45) is 5.92 Å². The van der Waals surface area contributed by atoms with Gasteiger partial charge in [-0.1, -0.05) is 0 Å². The molecule has 0 aliphatic carbocycles. The summed E-state index contributed by atoms with van der Waals surface area (Å²) in [6.07, 6.45) is 3.05. The normalized spacial score (nSPS) is 20.5. The Balaban J connectivity index is 2.17. The summed E-state index contributed by atoms with van der Waals surface area (Å²) in [5.74, 6) is 0.902. The molecule has 1 saturated heterocycles. The number of hydrogen-bond acceptors (Lipinski definition) is 3. The molecule has 1 rings (SSSR count). The summed E-state index contributed by atoms with van der Waals surface area (Å²) >= 11 is 0. The van der Waals surface area contributed by atoms with Crippen LogP contribution in [0.4, 0.5) is 0 Å². The first-order chi connectivity index (χ1) is 7.99. The third-order valence-electron chi connectivity index (χ3n) is 3.48. The highest BCUT2D eigenvalue weighted by atomic mass is 16.2. The number of rotatable bonds is 6. The number of amides is 1. The number of Topliss-reactive ketones (excluding diaryl/α,β-unsaturated/α-hetero) is 1. The van der Waals surface area contributed by atoms with Gasteiger partial charge < -0.3 is 14.6 Å². The smallest absolute Gasteiger partial charge is 0.222 e. The molecule has 0 saturated carbocycles. The molecule has 1 heterocycles. The van der Waals surface area contributed by atoms with Gasteiger partial charge >= 0.3 is 0 Å². The van der Waals surface area contributed by atoms with E-state index in [1.54, 1.807) is 4.90 Å². The fourth-order valence-electron chi connectivity index (χ4n) is 2.24. The maximum Gasteiger partial charge on any atom is 0.222 e. The fourth-order valence-corrected chi connectivity index (χ4v) is 2.24. The van der Waals surface area contributed by atoms with E-state index in [2.05, 4.69) is 11.9 Å². The first kappa shape index (κ1) is 14.2. The van der Waals surface area contributed by atoms with Crippen molar-refractivity contribution < 1.29 is 9.59 Å². The van der Waals surface area contributed by atoms with Crippen LogP contribution in [0.3, 0.4) is 0 Å². The molecule has 0 radical (unpaired) electrons. The molecule has 1 amide bonds. The molecule has 1 atom stereocenters. The van der Waals surface area contributed by atoms with Crippen LogP contribution < -0.4 is 0 Å². The minimum Gasteiger partial charge on any atom is -0.346 e. The molecular formula is C13H24N2O2. The van der Waals surface area contributed by atoms with E-state index in [-0.39, 0.29) is 11.7 Å². The monoisotopic (exact) mass is 240 g/mol. The van der Waals surface area contributed by atoms with E-state index >= 15 is 0 Å². The van der Waals surface area contributed by atoms with Crippen LogP contribution in [0.1, 0.15) is 32.6 Å². The van der Waals surface area contributed by atoms with Crippen molar-refractivity contribution in [2.45, 2.75) is 32.6 Å². The second kappa shape index (κ2) is 6.74. The lowest BCUT2D eigenvalue weighted by Crippen LogP contribution is -2.29. The average molecular weight is 240 g/mol. The maximum absolute atomic E-state index is 11.7. The van der Waals surface area contributed by atoms with Crippen LogP contribution in [0.15, 0.2) is 0 Å². The number of hydrogen-bond donors (Lipinski definition) is 0. The minimum absolute atomic E-state index is 0.0872. The van der Waals surface area contributed by atoms with Crippen LogP contribution in [-0.2, 0) is 9.59 Å². The van der Waals surface area contributed by atoms with E-state index in [1.807, 2.05) is 7.05 Å². The molecule has 1 fully saturated rings. The lowest BCUT2D eigenvalue weighted by Gasteiger charge is -2.19. The molecule has 98 valence electrons. The van der Waals surface area contributed by atoms with Gasteiger partial charge in [0.15, 0.2) is 0 Å². The number of nitrogens with zero attached hydrogens (tertiary/aromatic N) is 2. The zero-order chi connectivity index (χ0) is 12.8. The highest BCUT2D eigenvalue weighted by Crippen LogP contribution is 2.18. The Morgan fingerprint density at radius 2 is 2.06 bits per heavy atom. The predicted molar refractivity (Wildman–Crippen MR) is 67.8 cm³/mol. The van der Waals surface area contributed by atoms with Crippen molar-refractivity contribution in [3.63, 3.8) is 0 Å². The Hall–Kier alpha value is -0.900. The van der Waals surface area contributed by atoms with Gasteiger partial charge in [0.05, 0.1) is 0 Å². The van der Waals surface area contributed by atoms with Crippen molar-refractivity contribution in [1.29, 1.82) is 0 Å². The second-order valence-electron chi connectivity index (χ2n) is 5.22. The predicted octanol–water partition coefficient (Wildman–Crippen LogP) is 1.16. The molecule has 0 aromatic rings. The standard InChI is InChI=1S/C13H24N2O2/c1-11(16)4-5-13(17)15(3)9-7-12-6-8-14(2)10-12/h12H,4-10H2,1-3H3. The summed E-state index contributed by atoms with van der Waals surface area (Å²) in [6, 6.07) is 0. The number of likely N-dealkylation sites (tertiary alicyclic amines) is 1. The van der Waals surface area contributed by atoms with Gasteiger partial charge in [0.25, 0.3) is 0 Å². The van der Waals surface area contributed by atoms with Crippen molar-refractivity contribution in [1.82, 2.24) is 9.80 Å². The largest absolute Gasteiger partial charge is 0.346 e. The Labute approximate surface area is 104 Å². The molecule has 0 spiro atoms. The zero-order valence-corrected chi connectivity index (χ0v) is 11.2. The molecule has 0 bridgehead atoms. The van der Waals surface area contributed by atoms with Gasteiger partial charge in [-0.2, -0.15) is 0 Å². The van der Waals surface area contributed by atoms with Crippen molar-refractivity contribution in [2.75, 3.05) is 33.7 Å². The van der Waals surface area contributed by atoms with Crippen LogP contribution in [-0.4, -0.2) is 55.2 Å². The molecule has 1 aliphatic heterocycles. The van der Waals surface area contributed by atoms with E-state index in [9.17, 15) is 9.59 Å². The van der Waals surface area contributed by atoms with E-state index in [4.69, 9.17) is 0 Å². The summed E-state index contributed by atoms with van der Waals surface area (Å²) in [7, 11) is 3.98. The molecule has 17 heavy (non-hydrogen) atoms. The van der Waals surface area contributed by atoms with Crippen molar-refractivity contribution in [3.05, 3.63) is 0 Å². The minimum atomic E-state index is 0.0872. The van der Waals surface area contributed by atoms with E-state index in [0.717, 1.165) is 25.4 Å². The Kier molecular flexibility index (Phi) is 5.62. The number of carbonyl (C=O) groups is 2. The first-order valence-corrected chi connectivity index (χ1v) is 6.41. The lowest BCUT2D eigenvalue weighted by molar-refractivity contribution is -0.131. The number of carbonyl (C=O) groups excluding carboxylic acids is 2. The molecule has 1 aliphatic rings. The Morgan fingerprint density at radius 3 is 2.59 bits per heavy atom. The molecule has 4 nitrogen and oxygen atoms in total. The third kappa shape index (κ3) is 5.31. The topological polar surface area (TPSA) is 40.6 Å². The lowest BCUT2D eigenvalue weighted by atomic mass is 10.0. The zero-order valence-electron chi connectivity index (χ0n) is 11.2. The van der Waals surface area contributed by atoms with Gasteiger partial charge in [-0.25, -0.2) is 0 Å². The summed E-state index contributed by atoms with van der Waals surface area (Å²) in [5.41, 5.74) is 0. The number of ketones is 1. The maximum atomic E-state index is 11.7. The SMILES string of the molecule is CC(=O)CCC(=O)N(C)CCC1CCN(C)C1. The fraction of sp³-hybridized carbons (Fsp3) is 0.846. The molecule has 0 N–H and O–H groups in total. The molecule has 0 aromatic carbocycles. The van der Waals surface area contributed by atoms with Crippen LogP contribution in [0.2, 0.25) is 0 Å². The van der Waals surface area contributed by atoms with Gasteiger partial charge in [0, 0.05) is 33.0 Å². The van der Waals surface area contributed by atoms with Gasteiger partial charge in [-0.15, -0.1) is 0 Å². The van der Waals surface area contributed by atoms with Crippen LogP contribution >= 0.6 is 0 Å². The first-order valence-electron chi connectivity index (χ1n) is 6.41. The van der Waals surface area contributed by atoms with Crippen LogP contribution in [0, 0.1) is 5.92 Å². The van der Waals surface area contributed by atoms with Crippen LogP contribution in [0.5, 0.6) is 0 Å². The van der Waals surface area contributed by atoms with Gasteiger partial charge in [-0.05, 0) is 39.3 Å². The highest BCUT2D eigenvalue weighted by molar-refractivity contribution is 5.83. The molecule has 0 aromatic heterocycles. The highest BCUT2D eigenvalue weighted by Gasteiger charge is 2.20. The average Bonchev–Trinajstić information content (AvgIpc) is 2.68. The Bertz CT molecular complexity index is 279. The second-order valence-corrected chi connectivity index (χ2v) is 5.22. The Morgan fingerprint density at radius 1 is 1.35 bits per heavy atom. The molecule has 1 unspecified atom stereocenters. The van der Waals surface area contributed by atoms with E-state index in [0.29, 0.717) is 12.8 Å². The third-order valence-corrected chi connectivity index (χ3v) is 3.48. The summed E-state index contributed by atoms with van der Waals surface area (Å²) < 4.78 is 0. The van der Waals surface area contributed by atoms with E-state index < -0.39 is 0 Å². The van der Waals surface area contributed by atoms with E-state index in [1.165, 1.54) is 19.9 Å². The quantitative estimate of drug-likeness (QED) is 0.699. The van der Waals surface area contributed by atoms with Gasteiger partial charge in [0.1, 0.15) is 5.78 Å². The summed E-state index contributed by atoms with van der Waals surface area (Å²) in [4.78, 5) is 26.6.